The summed E-state index contributed by atoms with van der Waals surface area (Å²) in [6.07, 6.45) is 5.90. The SMILES string of the molecule is COC(=O)C1(NC(C)C)CCCC1CCSc1nccs1. The molecule has 0 radical (unpaired) electrons. The second-order valence-electron chi connectivity index (χ2n) is 5.79. The van der Waals surface area contributed by atoms with Crippen molar-refractivity contribution in [2.45, 2.75) is 55.5 Å². The predicted molar refractivity (Wildman–Crippen MR) is 87.8 cm³/mol. The number of thioether (sulfide) groups is 1. The van der Waals surface area contributed by atoms with E-state index in [4.69, 9.17) is 4.74 Å². The Morgan fingerprint density at radius 2 is 2.48 bits per heavy atom. The highest BCUT2D eigenvalue weighted by Gasteiger charge is 2.49. The van der Waals surface area contributed by atoms with Crippen LogP contribution in [-0.4, -0.2) is 35.4 Å². The predicted octanol–water partition coefficient (Wildman–Crippen LogP) is 3.34. The van der Waals surface area contributed by atoms with Crippen molar-refractivity contribution in [2.24, 2.45) is 5.92 Å². The van der Waals surface area contributed by atoms with Gasteiger partial charge in [0.15, 0.2) is 0 Å². The molecule has 2 atom stereocenters. The lowest BCUT2D eigenvalue weighted by Crippen LogP contribution is -2.57. The summed E-state index contributed by atoms with van der Waals surface area (Å²) in [4.78, 5) is 16.7. The topological polar surface area (TPSA) is 51.2 Å². The Hall–Kier alpha value is -0.590. The van der Waals surface area contributed by atoms with Gasteiger partial charge >= 0.3 is 5.97 Å². The zero-order valence-electron chi connectivity index (χ0n) is 12.9. The molecule has 0 bridgehead atoms. The van der Waals surface area contributed by atoms with E-state index in [-0.39, 0.29) is 12.0 Å². The average molecular weight is 329 g/mol. The fraction of sp³-hybridized carbons (Fsp3) is 0.733. The molecule has 1 aromatic rings. The molecule has 118 valence electrons. The fourth-order valence-corrected chi connectivity index (χ4v) is 5.01. The van der Waals surface area contributed by atoms with Crippen LogP contribution in [0.3, 0.4) is 0 Å². The molecule has 1 N–H and O–H groups in total. The first-order chi connectivity index (χ1) is 10.1. The number of thiazole rings is 1. The number of methoxy groups -OCH3 is 1. The van der Waals surface area contributed by atoms with Gasteiger partial charge in [-0.05, 0) is 39.0 Å². The smallest absolute Gasteiger partial charge is 0.326 e. The molecule has 4 nitrogen and oxygen atoms in total. The molecule has 21 heavy (non-hydrogen) atoms. The first kappa shape index (κ1) is 16.8. The molecular formula is C15H24N2O2S2. The van der Waals surface area contributed by atoms with Gasteiger partial charge in [-0.1, -0.05) is 18.2 Å². The summed E-state index contributed by atoms with van der Waals surface area (Å²) < 4.78 is 6.21. The molecule has 2 rings (SSSR count). The number of hydrogen-bond donors (Lipinski definition) is 1. The maximum absolute atomic E-state index is 12.4. The standard InChI is InChI=1S/C15H24N2O2S2/c1-11(2)17-15(13(18)19-3)7-4-5-12(15)6-9-20-14-16-8-10-21-14/h8,10-12,17H,4-7,9H2,1-3H3. The van der Waals surface area contributed by atoms with E-state index in [1.54, 1.807) is 23.1 Å². The minimum absolute atomic E-state index is 0.0991. The van der Waals surface area contributed by atoms with Crippen LogP contribution >= 0.6 is 23.1 Å². The van der Waals surface area contributed by atoms with Crippen molar-refractivity contribution in [2.75, 3.05) is 12.9 Å². The first-order valence-electron chi connectivity index (χ1n) is 7.47. The van der Waals surface area contributed by atoms with Crippen LogP contribution in [0.1, 0.15) is 39.5 Å². The van der Waals surface area contributed by atoms with Crippen LogP contribution in [0.5, 0.6) is 0 Å². The van der Waals surface area contributed by atoms with E-state index < -0.39 is 5.54 Å². The summed E-state index contributed by atoms with van der Waals surface area (Å²) in [5, 5.41) is 5.50. The normalized spacial score (nSPS) is 25.4. The molecule has 1 fully saturated rings. The number of rotatable bonds is 7. The monoisotopic (exact) mass is 328 g/mol. The van der Waals surface area contributed by atoms with E-state index in [0.717, 1.165) is 35.8 Å². The number of nitrogens with zero attached hydrogens (tertiary/aromatic N) is 1. The van der Waals surface area contributed by atoms with Crippen molar-refractivity contribution in [3.05, 3.63) is 11.6 Å². The zero-order chi connectivity index (χ0) is 15.3. The van der Waals surface area contributed by atoms with Gasteiger partial charge in [0.25, 0.3) is 0 Å². The number of nitrogens with one attached hydrogen (secondary N) is 1. The summed E-state index contributed by atoms with van der Waals surface area (Å²) in [6, 6.07) is 0.274. The van der Waals surface area contributed by atoms with Crippen LogP contribution in [0.2, 0.25) is 0 Å². The minimum atomic E-state index is -0.494. The molecular weight excluding hydrogens is 304 g/mol. The van der Waals surface area contributed by atoms with Gasteiger partial charge in [-0.2, -0.15) is 0 Å². The second kappa shape index (κ2) is 7.61. The molecule has 6 heteroatoms. The third-order valence-electron chi connectivity index (χ3n) is 4.02. The number of hydrogen-bond acceptors (Lipinski definition) is 6. The van der Waals surface area contributed by atoms with E-state index in [2.05, 4.69) is 24.1 Å². The summed E-state index contributed by atoms with van der Waals surface area (Å²) in [5.74, 6) is 1.24. The van der Waals surface area contributed by atoms with Crippen LogP contribution in [0.4, 0.5) is 0 Å². The van der Waals surface area contributed by atoms with Crippen LogP contribution < -0.4 is 5.32 Å². The molecule has 1 saturated carbocycles. The lowest BCUT2D eigenvalue weighted by molar-refractivity contribution is -0.150. The summed E-state index contributed by atoms with van der Waals surface area (Å²) >= 11 is 3.45. The van der Waals surface area contributed by atoms with E-state index in [1.807, 2.05) is 11.6 Å². The lowest BCUT2D eigenvalue weighted by Gasteiger charge is -2.35. The largest absolute Gasteiger partial charge is 0.468 e. The Morgan fingerprint density at radius 1 is 1.67 bits per heavy atom. The van der Waals surface area contributed by atoms with Crippen LogP contribution in [0.15, 0.2) is 15.9 Å². The van der Waals surface area contributed by atoms with E-state index >= 15 is 0 Å². The third-order valence-corrected chi connectivity index (χ3v) is 6.02. The number of ether oxygens (including phenoxy) is 1. The summed E-state index contributed by atoms with van der Waals surface area (Å²) in [6.45, 7) is 4.18. The highest BCUT2D eigenvalue weighted by molar-refractivity contribution is 8.00. The van der Waals surface area contributed by atoms with Crippen LogP contribution in [0, 0.1) is 5.92 Å². The second-order valence-corrected chi connectivity index (χ2v) is 8.02. The Labute approximate surface area is 135 Å². The van der Waals surface area contributed by atoms with Gasteiger partial charge in [0, 0.05) is 23.4 Å². The van der Waals surface area contributed by atoms with Crippen molar-refractivity contribution >= 4 is 29.1 Å². The molecule has 0 amide bonds. The number of esters is 1. The van der Waals surface area contributed by atoms with Crippen molar-refractivity contribution < 1.29 is 9.53 Å². The van der Waals surface area contributed by atoms with Gasteiger partial charge in [0.05, 0.1) is 7.11 Å². The van der Waals surface area contributed by atoms with E-state index in [0.29, 0.717) is 5.92 Å². The maximum atomic E-state index is 12.4. The molecule has 2 unspecified atom stereocenters. The van der Waals surface area contributed by atoms with Gasteiger partial charge in [-0.25, -0.2) is 4.98 Å². The summed E-state index contributed by atoms with van der Waals surface area (Å²) in [7, 11) is 1.49. The molecule has 0 spiro atoms. The maximum Gasteiger partial charge on any atom is 0.326 e. The molecule has 1 aliphatic rings. The number of carbonyl (C=O) groups is 1. The van der Waals surface area contributed by atoms with Gasteiger partial charge in [-0.3, -0.25) is 10.1 Å². The highest BCUT2D eigenvalue weighted by Crippen LogP contribution is 2.40. The van der Waals surface area contributed by atoms with Gasteiger partial charge < -0.3 is 4.74 Å². The Morgan fingerprint density at radius 3 is 3.10 bits per heavy atom. The number of aromatic nitrogens is 1. The van der Waals surface area contributed by atoms with Gasteiger partial charge in [0.1, 0.15) is 9.88 Å². The van der Waals surface area contributed by atoms with Crippen molar-refractivity contribution in [3.63, 3.8) is 0 Å². The Balaban J connectivity index is 1.99. The highest BCUT2D eigenvalue weighted by atomic mass is 32.2. The lowest BCUT2D eigenvalue weighted by atomic mass is 9.84. The average Bonchev–Trinajstić information content (AvgIpc) is 3.08. The molecule has 1 aromatic heterocycles. The summed E-state index contributed by atoms with van der Waals surface area (Å²) in [5.41, 5.74) is -0.494. The zero-order valence-corrected chi connectivity index (χ0v) is 14.6. The molecule has 1 aliphatic carbocycles. The van der Waals surface area contributed by atoms with E-state index in [1.165, 1.54) is 7.11 Å². The molecule has 0 aromatic carbocycles. The van der Waals surface area contributed by atoms with Crippen molar-refractivity contribution in [1.29, 1.82) is 0 Å². The quantitative estimate of drug-likeness (QED) is 0.614. The van der Waals surface area contributed by atoms with Crippen LogP contribution in [0.25, 0.3) is 0 Å². The molecule has 1 heterocycles. The van der Waals surface area contributed by atoms with Crippen LogP contribution in [-0.2, 0) is 9.53 Å². The fourth-order valence-electron chi connectivity index (χ4n) is 3.25. The first-order valence-corrected chi connectivity index (χ1v) is 9.33. The molecule has 0 saturated heterocycles. The van der Waals surface area contributed by atoms with E-state index in [9.17, 15) is 4.79 Å². The van der Waals surface area contributed by atoms with Crippen molar-refractivity contribution in [1.82, 2.24) is 10.3 Å². The minimum Gasteiger partial charge on any atom is -0.468 e. The Kier molecular flexibility index (Phi) is 6.08. The molecule has 0 aliphatic heterocycles. The number of carbonyl (C=O) groups excluding carboxylic acids is 1. The van der Waals surface area contributed by atoms with Gasteiger partial charge in [0.2, 0.25) is 0 Å². The third kappa shape index (κ3) is 3.99. The van der Waals surface area contributed by atoms with Gasteiger partial charge in [-0.15, -0.1) is 11.3 Å². The Bertz CT molecular complexity index is 451. The van der Waals surface area contributed by atoms with Crippen molar-refractivity contribution in [3.8, 4) is 0 Å².